The Morgan fingerprint density at radius 3 is 2.45 bits per heavy atom. The Hall–Kier alpha value is -3.22. The van der Waals surface area contributed by atoms with Gasteiger partial charge in [0.25, 0.3) is 0 Å². The lowest BCUT2D eigenvalue weighted by Gasteiger charge is -2.21. The van der Waals surface area contributed by atoms with E-state index in [1.165, 1.54) is 13.0 Å². The normalized spacial score (nSPS) is 22.1. The molecule has 4 rings (SSSR count). The van der Waals surface area contributed by atoms with Crippen LogP contribution in [0.5, 0.6) is 0 Å². The zero-order valence-electron chi connectivity index (χ0n) is 16.2. The molecule has 0 N–H and O–H groups in total. The lowest BCUT2D eigenvalue weighted by Crippen LogP contribution is -2.44. The molecule has 2 heterocycles. The number of allylic oxidation sites excluding steroid dienone is 2. The van der Waals surface area contributed by atoms with Crippen LogP contribution in [0, 0.1) is 18.8 Å². The number of aryl methyl sites for hydroxylation is 1. The molecule has 1 aliphatic heterocycles. The predicted octanol–water partition coefficient (Wildman–Crippen LogP) is 2.48. The van der Waals surface area contributed by atoms with Crippen molar-refractivity contribution in [1.29, 1.82) is 0 Å². The molecule has 150 valence electrons. The third-order valence-corrected chi connectivity index (χ3v) is 5.63. The largest absolute Gasteiger partial charge is 0.459 e. The Balaban J connectivity index is 1.50. The molecule has 0 spiro atoms. The van der Waals surface area contributed by atoms with Crippen molar-refractivity contribution in [3.05, 3.63) is 58.0 Å². The zero-order chi connectivity index (χ0) is 20.7. The number of ether oxygens (including phenoxy) is 1. The molecule has 0 unspecified atom stereocenters. The number of hydrogen-bond donors (Lipinski definition) is 0. The molecular formula is C22H21NO6. The van der Waals surface area contributed by atoms with Crippen LogP contribution < -0.4 is 5.63 Å². The van der Waals surface area contributed by atoms with Crippen molar-refractivity contribution < 1.29 is 23.5 Å². The number of esters is 1. The van der Waals surface area contributed by atoms with Gasteiger partial charge < -0.3 is 9.15 Å². The molecular weight excluding hydrogens is 374 g/mol. The molecule has 3 atom stereocenters. The Morgan fingerprint density at radius 2 is 1.79 bits per heavy atom. The Bertz CT molecular complexity index is 1070. The van der Waals surface area contributed by atoms with Gasteiger partial charge in [0.1, 0.15) is 18.2 Å². The van der Waals surface area contributed by atoms with E-state index in [-0.39, 0.29) is 18.4 Å². The van der Waals surface area contributed by atoms with Crippen LogP contribution in [0.3, 0.4) is 0 Å². The maximum atomic E-state index is 12.6. The number of likely N-dealkylation sites (tertiary alicyclic amines) is 1. The third kappa shape index (κ3) is 3.37. The molecule has 29 heavy (non-hydrogen) atoms. The molecule has 2 aliphatic rings. The van der Waals surface area contributed by atoms with Crippen LogP contribution in [0.1, 0.15) is 30.9 Å². The van der Waals surface area contributed by atoms with Gasteiger partial charge in [-0.3, -0.25) is 14.5 Å². The van der Waals surface area contributed by atoms with Crippen molar-refractivity contribution >= 4 is 28.8 Å². The fraction of sp³-hybridized carbons (Fsp3) is 0.364. The summed E-state index contributed by atoms with van der Waals surface area (Å²) >= 11 is 0. The summed E-state index contributed by atoms with van der Waals surface area (Å²) in [6.45, 7) is 3.22. The van der Waals surface area contributed by atoms with Crippen molar-refractivity contribution in [3.8, 4) is 0 Å². The second-order valence-electron chi connectivity index (χ2n) is 7.58. The number of amides is 2. The van der Waals surface area contributed by atoms with Crippen molar-refractivity contribution in [1.82, 2.24) is 4.90 Å². The van der Waals surface area contributed by atoms with Crippen LogP contribution >= 0.6 is 0 Å². The van der Waals surface area contributed by atoms with E-state index in [2.05, 4.69) is 0 Å². The number of hydrogen-bond acceptors (Lipinski definition) is 6. The van der Waals surface area contributed by atoms with Crippen LogP contribution in [0.25, 0.3) is 11.0 Å². The first-order valence-electron chi connectivity index (χ1n) is 9.58. The maximum absolute atomic E-state index is 12.6. The molecule has 0 saturated carbocycles. The predicted molar refractivity (Wildman–Crippen MR) is 104 cm³/mol. The van der Waals surface area contributed by atoms with Gasteiger partial charge in [0, 0.05) is 17.0 Å². The Kier molecular flexibility index (Phi) is 4.82. The average molecular weight is 395 g/mol. The summed E-state index contributed by atoms with van der Waals surface area (Å²) in [6.07, 6.45) is 4.82. The maximum Gasteiger partial charge on any atom is 0.336 e. The standard InChI is InChI=1S/C22H21NO6/c1-12-7-8-15-14(10-19(24)29-18(15)9-12)11-28-22(27)13(2)23-20(25)16-5-3-4-6-17(16)21(23)26/h3-4,7-10,13,16-17H,5-6,11H2,1-2H3/t13-,16+,17+/m0/s1. The van der Waals surface area contributed by atoms with Crippen molar-refractivity contribution in [2.45, 2.75) is 39.3 Å². The Labute approximate surface area is 166 Å². The van der Waals surface area contributed by atoms with E-state index < -0.39 is 29.5 Å². The summed E-state index contributed by atoms with van der Waals surface area (Å²) in [6, 6.07) is 5.66. The van der Waals surface area contributed by atoms with Gasteiger partial charge in [0.15, 0.2) is 0 Å². The number of fused-ring (bicyclic) bond motifs is 2. The summed E-state index contributed by atoms with van der Waals surface area (Å²) < 4.78 is 10.6. The minimum Gasteiger partial charge on any atom is -0.459 e. The van der Waals surface area contributed by atoms with Gasteiger partial charge in [0.2, 0.25) is 11.8 Å². The monoisotopic (exact) mass is 395 g/mol. The van der Waals surface area contributed by atoms with E-state index in [0.29, 0.717) is 29.4 Å². The van der Waals surface area contributed by atoms with Crippen LogP contribution in [0.15, 0.2) is 45.6 Å². The fourth-order valence-electron chi connectivity index (χ4n) is 4.04. The number of carbonyl (C=O) groups excluding carboxylic acids is 3. The van der Waals surface area contributed by atoms with Crippen LogP contribution in [0.4, 0.5) is 0 Å². The second-order valence-corrected chi connectivity index (χ2v) is 7.58. The number of benzene rings is 1. The third-order valence-electron chi connectivity index (χ3n) is 5.63. The second kappa shape index (κ2) is 7.31. The van der Waals surface area contributed by atoms with Crippen molar-refractivity contribution in [3.63, 3.8) is 0 Å². The molecule has 7 nitrogen and oxygen atoms in total. The van der Waals surface area contributed by atoms with Gasteiger partial charge in [-0.05, 0) is 38.3 Å². The van der Waals surface area contributed by atoms with E-state index in [9.17, 15) is 19.2 Å². The molecule has 2 amide bonds. The molecule has 0 radical (unpaired) electrons. The zero-order valence-corrected chi connectivity index (χ0v) is 16.2. The van der Waals surface area contributed by atoms with Crippen LogP contribution in [-0.4, -0.2) is 28.7 Å². The molecule has 1 aliphatic carbocycles. The SMILES string of the molecule is Cc1ccc2c(COC(=O)[C@H](C)N3C(=O)[C@@H]4CC=CC[C@H]4C3=O)cc(=O)oc2c1. The first kappa shape index (κ1) is 19.1. The summed E-state index contributed by atoms with van der Waals surface area (Å²) in [5.74, 6) is -2.13. The van der Waals surface area contributed by atoms with E-state index in [1.54, 1.807) is 12.1 Å². The van der Waals surface area contributed by atoms with Gasteiger partial charge in [0.05, 0.1) is 11.8 Å². The van der Waals surface area contributed by atoms with Gasteiger partial charge in [-0.25, -0.2) is 9.59 Å². The minimum atomic E-state index is -1.02. The molecule has 7 heteroatoms. The van der Waals surface area contributed by atoms with E-state index in [1.807, 2.05) is 25.1 Å². The van der Waals surface area contributed by atoms with Crippen molar-refractivity contribution in [2.75, 3.05) is 0 Å². The van der Waals surface area contributed by atoms with Gasteiger partial charge in [-0.15, -0.1) is 0 Å². The fourth-order valence-corrected chi connectivity index (χ4v) is 4.04. The Morgan fingerprint density at radius 1 is 1.14 bits per heavy atom. The van der Waals surface area contributed by atoms with Crippen molar-refractivity contribution in [2.24, 2.45) is 11.8 Å². The number of rotatable bonds is 4. The highest BCUT2D eigenvalue weighted by molar-refractivity contribution is 6.08. The topological polar surface area (TPSA) is 93.9 Å². The first-order chi connectivity index (χ1) is 13.9. The van der Waals surface area contributed by atoms with Gasteiger partial charge in [-0.2, -0.15) is 0 Å². The quantitative estimate of drug-likeness (QED) is 0.342. The van der Waals surface area contributed by atoms with E-state index >= 15 is 0 Å². The smallest absolute Gasteiger partial charge is 0.336 e. The summed E-state index contributed by atoms with van der Waals surface area (Å²) in [4.78, 5) is 50.7. The molecule has 0 bridgehead atoms. The first-order valence-corrected chi connectivity index (χ1v) is 9.58. The average Bonchev–Trinajstić information content (AvgIpc) is 2.95. The van der Waals surface area contributed by atoms with E-state index in [0.717, 1.165) is 10.5 Å². The summed E-state index contributed by atoms with van der Waals surface area (Å²) in [5.41, 5.74) is 1.32. The number of nitrogens with zero attached hydrogens (tertiary/aromatic N) is 1. The van der Waals surface area contributed by atoms with Gasteiger partial charge in [-0.1, -0.05) is 24.3 Å². The van der Waals surface area contributed by atoms with Gasteiger partial charge >= 0.3 is 11.6 Å². The highest BCUT2D eigenvalue weighted by Crippen LogP contribution is 2.36. The molecule has 1 fully saturated rings. The number of carbonyl (C=O) groups is 3. The highest BCUT2D eigenvalue weighted by atomic mass is 16.5. The molecule has 2 aromatic rings. The minimum absolute atomic E-state index is 0.154. The lowest BCUT2D eigenvalue weighted by atomic mass is 9.85. The summed E-state index contributed by atoms with van der Waals surface area (Å²) in [5, 5.41) is 0.668. The van der Waals surface area contributed by atoms with Crippen LogP contribution in [-0.2, 0) is 25.7 Å². The molecule has 1 aromatic carbocycles. The van der Waals surface area contributed by atoms with Crippen LogP contribution in [0.2, 0.25) is 0 Å². The molecule has 1 aromatic heterocycles. The number of imide groups is 1. The van der Waals surface area contributed by atoms with E-state index in [4.69, 9.17) is 9.15 Å². The summed E-state index contributed by atoms with van der Waals surface area (Å²) in [7, 11) is 0. The highest BCUT2D eigenvalue weighted by Gasteiger charge is 2.50. The molecule has 1 saturated heterocycles. The lowest BCUT2D eigenvalue weighted by molar-refractivity contribution is -0.159.